The van der Waals surface area contributed by atoms with Gasteiger partial charge >= 0.3 is 13.1 Å². The van der Waals surface area contributed by atoms with Crippen molar-refractivity contribution < 1.29 is 23.6 Å². The lowest BCUT2D eigenvalue weighted by Gasteiger charge is -2.32. The summed E-state index contributed by atoms with van der Waals surface area (Å²) in [4.78, 5) is 11.8. The van der Waals surface area contributed by atoms with Gasteiger partial charge in [0.15, 0.2) is 5.60 Å². The van der Waals surface area contributed by atoms with E-state index in [0.29, 0.717) is 5.75 Å². The van der Waals surface area contributed by atoms with Crippen LogP contribution in [0.5, 0.6) is 5.75 Å². The van der Waals surface area contributed by atoms with Crippen molar-refractivity contribution in [3.63, 3.8) is 0 Å². The highest BCUT2D eigenvalue weighted by atomic mass is 16.7. The molecule has 0 N–H and O–H groups in total. The molecule has 0 unspecified atom stereocenters. The van der Waals surface area contributed by atoms with Gasteiger partial charge in [0.1, 0.15) is 5.75 Å². The van der Waals surface area contributed by atoms with Crippen LogP contribution in [-0.4, -0.2) is 37.0 Å². The van der Waals surface area contributed by atoms with Crippen molar-refractivity contribution in [1.29, 1.82) is 0 Å². The van der Waals surface area contributed by atoms with Gasteiger partial charge < -0.3 is 18.8 Å². The first-order chi connectivity index (χ1) is 10.5. The largest absolute Gasteiger partial charge is 0.494 e. The first-order valence-electron chi connectivity index (χ1n) is 7.71. The Morgan fingerprint density at radius 2 is 1.70 bits per heavy atom. The summed E-state index contributed by atoms with van der Waals surface area (Å²) < 4.78 is 22.6. The Labute approximate surface area is 138 Å². The van der Waals surface area contributed by atoms with Crippen molar-refractivity contribution in [2.45, 2.75) is 58.3 Å². The fourth-order valence-electron chi connectivity index (χ4n) is 2.29. The van der Waals surface area contributed by atoms with Crippen LogP contribution < -0.4 is 10.2 Å². The normalized spacial score (nSPS) is 19.5. The summed E-state index contributed by atoms with van der Waals surface area (Å²) in [6.45, 7) is 11.4. The fourth-order valence-corrected chi connectivity index (χ4v) is 2.29. The quantitative estimate of drug-likeness (QED) is 0.629. The van der Waals surface area contributed by atoms with Crippen molar-refractivity contribution in [2.75, 3.05) is 7.11 Å². The minimum Gasteiger partial charge on any atom is -0.476 e. The minimum absolute atomic E-state index is 0.403. The smallest absolute Gasteiger partial charge is 0.476 e. The molecule has 1 aromatic rings. The first-order valence-corrected chi connectivity index (χ1v) is 7.71. The molecule has 0 radical (unpaired) electrons. The number of hydrogen-bond acceptors (Lipinski definition) is 5. The van der Waals surface area contributed by atoms with Gasteiger partial charge in [-0.1, -0.05) is 12.1 Å². The first kappa shape index (κ1) is 17.8. The SMILES string of the molecule is COC(=O)C(C)(C)Oc1cccc(B2OC(C)(C)C(C)(C)O2)c1. The second-order valence-corrected chi connectivity index (χ2v) is 7.26. The average Bonchev–Trinajstić information content (AvgIpc) is 2.66. The molecule has 1 saturated heterocycles. The molecule has 1 aromatic carbocycles. The van der Waals surface area contributed by atoms with Crippen LogP contribution in [0.4, 0.5) is 0 Å². The fraction of sp³-hybridized carbons (Fsp3) is 0.588. The summed E-state index contributed by atoms with van der Waals surface area (Å²) in [6, 6.07) is 7.38. The maximum Gasteiger partial charge on any atom is 0.494 e. The highest BCUT2D eigenvalue weighted by Crippen LogP contribution is 2.36. The molecule has 0 bridgehead atoms. The Bertz CT molecular complexity index is 578. The number of hydrogen-bond donors (Lipinski definition) is 0. The summed E-state index contributed by atoms with van der Waals surface area (Å²) in [5.74, 6) is 0.131. The van der Waals surface area contributed by atoms with E-state index in [1.54, 1.807) is 19.9 Å². The lowest BCUT2D eigenvalue weighted by Crippen LogP contribution is -2.41. The van der Waals surface area contributed by atoms with Gasteiger partial charge in [-0.25, -0.2) is 4.79 Å². The standard InChI is InChI=1S/C17H25BO5/c1-15(2,14(19)20-7)21-13-10-8-9-12(11-13)18-22-16(3,4)17(5,6)23-18/h8-11H,1-7H3. The molecular formula is C17H25BO5. The molecule has 0 spiro atoms. The summed E-state index contributed by atoms with van der Waals surface area (Å²) >= 11 is 0. The Kier molecular flexibility index (Phi) is 4.52. The van der Waals surface area contributed by atoms with E-state index in [0.717, 1.165) is 5.46 Å². The van der Waals surface area contributed by atoms with E-state index in [4.69, 9.17) is 18.8 Å². The number of carbonyl (C=O) groups is 1. The van der Waals surface area contributed by atoms with Gasteiger partial charge in [-0.15, -0.1) is 0 Å². The molecule has 0 saturated carbocycles. The number of ether oxygens (including phenoxy) is 2. The van der Waals surface area contributed by atoms with Crippen LogP contribution in [0.25, 0.3) is 0 Å². The van der Waals surface area contributed by atoms with Crippen molar-refractivity contribution >= 4 is 18.6 Å². The van der Waals surface area contributed by atoms with Crippen LogP contribution in [0.3, 0.4) is 0 Å². The van der Waals surface area contributed by atoms with Crippen LogP contribution in [-0.2, 0) is 18.8 Å². The molecule has 5 nitrogen and oxygen atoms in total. The maximum atomic E-state index is 11.8. The van der Waals surface area contributed by atoms with Crippen molar-refractivity contribution in [3.05, 3.63) is 24.3 Å². The third-order valence-electron chi connectivity index (χ3n) is 4.43. The van der Waals surface area contributed by atoms with Crippen LogP contribution in [0, 0.1) is 0 Å². The zero-order valence-electron chi connectivity index (χ0n) is 14.9. The van der Waals surface area contributed by atoms with E-state index in [2.05, 4.69) is 0 Å². The molecule has 126 valence electrons. The zero-order valence-corrected chi connectivity index (χ0v) is 14.9. The van der Waals surface area contributed by atoms with Gasteiger partial charge in [0.2, 0.25) is 0 Å². The number of rotatable bonds is 4. The Morgan fingerprint density at radius 3 is 2.22 bits per heavy atom. The Balaban J connectivity index is 2.20. The Morgan fingerprint density at radius 1 is 1.13 bits per heavy atom. The molecule has 23 heavy (non-hydrogen) atoms. The highest BCUT2D eigenvalue weighted by Gasteiger charge is 2.51. The zero-order chi connectivity index (χ0) is 17.5. The van der Waals surface area contributed by atoms with Crippen LogP contribution >= 0.6 is 0 Å². The van der Waals surface area contributed by atoms with Crippen LogP contribution in [0.2, 0.25) is 0 Å². The highest BCUT2D eigenvalue weighted by molar-refractivity contribution is 6.62. The number of methoxy groups -OCH3 is 1. The molecule has 6 heteroatoms. The summed E-state index contributed by atoms with van der Waals surface area (Å²) in [7, 11) is 0.874. The van der Waals surface area contributed by atoms with Crippen LogP contribution in [0.15, 0.2) is 24.3 Å². The predicted molar refractivity (Wildman–Crippen MR) is 88.9 cm³/mol. The maximum absolute atomic E-state index is 11.8. The average molecular weight is 320 g/mol. The minimum atomic E-state index is -1.07. The van der Waals surface area contributed by atoms with Crippen molar-refractivity contribution in [1.82, 2.24) is 0 Å². The third kappa shape index (κ3) is 3.53. The van der Waals surface area contributed by atoms with Gasteiger partial charge in [-0.3, -0.25) is 0 Å². The second kappa shape index (κ2) is 5.84. The molecular weight excluding hydrogens is 295 g/mol. The molecule has 2 rings (SSSR count). The molecule has 1 fully saturated rings. The number of benzene rings is 1. The van der Waals surface area contributed by atoms with E-state index < -0.39 is 29.9 Å². The van der Waals surface area contributed by atoms with E-state index in [1.165, 1.54) is 7.11 Å². The molecule has 0 aromatic heterocycles. The topological polar surface area (TPSA) is 54.0 Å². The molecule has 0 aliphatic carbocycles. The lowest BCUT2D eigenvalue weighted by atomic mass is 9.79. The van der Waals surface area contributed by atoms with Crippen LogP contribution in [0.1, 0.15) is 41.5 Å². The number of esters is 1. The molecule has 1 aliphatic rings. The predicted octanol–water partition coefficient (Wildman–Crippen LogP) is 2.32. The summed E-state index contributed by atoms with van der Waals surface area (Å²) in [5, 5.41) is 0. The van der Waals surface area contributed by atoms with Gasteiger partial charge in [-0.2, -0.15) is 0 Å². The van der Waals surface area contributed by atoms with Gasteiger partial charge in [0, 0.05) is 0 Å². The van der Waals surface area contributed by atoms with E-state index in [1.807, 2.05) is 45.9 Å². The monoisotopic (exact) mass is 320 g/mol. The molecule has 0 atom stereocenters. The third-order valence-corrected chi connectivity index (χ3v) is 4.43. The van der Waals surface area contributed by atoms with Gasteiger partial charge in [-0.05, 0) is 59.1 Å². The molecule has 0 amide bonds. The Hall–Kier alpha value is -1.53. The lowest BCUT2D eigenvalue weighted by molar-refractivity contribution is -0.156. The van der Waals surface area contributed by atoms with Gasteiger partial charge in [0.05, 0.1) is 18.3 Å². The summed E-state index contributed by atoms with van der Waals surface area (Å²) in [6.07, 6.45) is 0. The van der Waals surface area contributed by atoms with Crippen molar-refractivity contribution in [3.8, 4) is 5.75 Å². The van der Waals surface area contributed by atoms with Crippen molar-refractivity contribution in [2.24, 2.45) is 0 Å². The van der Waals surface area contributed by atoms with E-state index >= 15 is 0 Å². The van der Waals surface area contributed by atoms with E-state index in [9.17, 15) is 4.79 Å². The molecule has 1 aliphatic heterocycles. The second-order valence-electron chi connectivity index (χ2n) is 7.26. The van der Waals surface area contributed by atoms with E-state index in [-0.39, 0.29) is 0 Å². The molecule has 1 heterocycles. The number of carbonyl (C=O) groups excluding carboxylic acids is 1. The van der Waals surface area contributed by atoms with Gasteiger partial charge in [0.25, 0.3) is 0 Å². The summed E-state index contributed by atoms with van der Waals surface area (Å²) in [5.41, 5.74) is -1.02.